The lowest BCUT2D eigenvalue weighted by molar-refractivity contribution is -0.207. The van der Waals surface area contributed by atoms with Crippen LogP contribution >= 0.6 is 0 Å². The molecule has 12 atom stereocenters. The van der Waals surface area contributed by atoms with Gasteiger partial charge in [0.15, 0.2) is 6.10 Å². The van der Waals surface area contributed by atoms with Crippen molar-refractivity contribution in [1.29, 1.82) is 0 Å². The Morgan fingerprint density at radius 1 is 1.06 bits per heavy atom. The van der Waals surface area contributed by atoms with Gasteiger partial charge in [-0.1, -0.05) is 20.8 Å². The predicted octanol–water partition coefficient (Wildman–Crippen LogP) is 2.90. The topological polar surface area (TPSA) is 107 Å². The van der Waals surface area contributed by atoms with E-state index >= 15 is 0 Å². The normalized spacial score (nSPS) is 50.0. The molecule has 4 aliphatic carbocycles. The maximum absolute atomic E-state index is 12.0. The zero-order chi connectivity index (χ0) is 23.4. The molecule has 0 aromatic rings. The van der Waals surface area contributed by atoms with Crippen LogP contribution < -0.4 is 0 Å². The number of aliphatic hydroxyl groups is 4. The molecule has 0 spiro atoms. The maximum Gasteiger partial charge on any atom is 0.334 e. The molecule has 6 nitrogen and oxygen atoms in total. The van der Waals surface area contributed by atoms with Gasteiger partial charge in [0.05, 0.1) is 24.9 Å². The second-order valence-corrected chi connectivity index (χ2v) is 12.0. The van der Waals surface area contributed by atoms with Gasteiger partial charge in [0.1, 0.15) is 0 Å². The second-order valence-electron chi connectivity index (χ2n) is 12.0. The largest absolute Gasteiger partial charge is 0.464 e. The fourth-order valence-electron chi connectivity index (χ4n) is 8.98. The average Bonchev–Trinajstić information content (AvgIpc) is 3.09. The molecular formula is C26H44O6. The van der Waals surface area contributed by atoms with E-state index in [1.807, 2.05) is 0 Å². The Bertz CT molecular complexity index is 698. The van der Waals surface area contributed by atoms with Crippen LogP contribution in [0.5, 0.6) is 0 Å². The van der Waals surface area contributed by atoms with Crippen molar-refractivity contribution in [3.8, 4) is 0 Å². The third-order valence-electron chi connectivity index (χ3n) is 10.7. The minimum Gasteiger partial charge on any atom is -0.464 e. The molecule has 0 aromatic heterocycles. The maximum atomic E-state index is 12.0. The van der Waals surface area contributed by atoms with E-state index in [0.717, 1.165) is 38.5 Å². The molecule has 4 N–H and O–H groups in total. The van der Waals surface area contributed by atoms with Crippen molar-refractivity contribution in [1.82, 2.24) is 0 Å². The number of fused-ring (bicyclic) bond motifs is 5. The lowest BCUT2D eigenvalue weighted by atomic mass is 9.43. The van der Waals surface area contributed by atoms with Gasteiger partial charge in [-0.2, -0.15) is 0 Å². The quantitative estimate of drug-likeness (QED) is 0.478. The summed E-state index contributed by atoms with van der Waals surface area (Å²) in [6.45, 7) is 8.60. The summed E-state index contributed by atoms with van der Waals surface area (Å²) in [6.07, 6.45) is 4.01. The first-order valence-electron chi connectivity index (χ1n) is 12.9. The molecular weight excluding hydrogens is 408 g/mol. The minimum atomic E-state index is -1.13. The molecule has 0 aliphatic heterocycles. The van der Waals surface area contributed by atoms with Crippen molar-refractivity contribution in [2.24, 2.45) is 46.3 Å². The Hall–Kier alpha value is -0.690. The summed E-state index contributed by atoms with van der Waals surface area (Å²) in [6, 6.07) is 0. The smallest absolute Gasteiger partial charge is 0.334 e. The third-order valence-corrected chi connectivity index (χ3v) is 10.7. The van der Waals surface area contributed by atoms with Crippen LogP contribution in [-0.4, -0.2) is 57.4 Å². The SMILES string of the molecule is CCOC(=O)[C@H](O)C[C@@H](C)[C@H]1CC[C@H]2[C@@H]3[C@H](O)C[C@@H]4C[C@H](O)CC[C@]4(C)[C@H]3C[C@H](O)[C@]12C. The summed E-state index contributed by atoms with van der Waals surface area (Å²) < 4.78 is 4.98. The van der Waals surface area contributed by atoms with Gasteiger partial charge in [-0.05, 0) is 105 Å². The van der Waals surface area contributed by atoms with Gasteiger partial charge in [-0.25, -0.2) is 4.79 Å². The van der Waals surface area contributed by atoms with Gasteiger partial charge >= 0.3 is 5.97 Å². The fraction of sp³-hybridized carbons (Fsp3) is 0.962. The highest BCUT2D eigenvalue weighted by Gasteiger charge is 2.65. The molecule has 6 heteroatoms. The van der Waals surface area contributed by atoms with Crippen LogP contribution in [0.3, 0.4) is 0 Å². The van der Waals surface area contributed by atoms with Crippen LogP contribution in [0.25, 0.3) is 0 Å². The lowest BCUT2D eigenvalue weighted by Gasteiger charge is -2.63. The number of carbonyl (C=O) groups excluding carboxylic acids is 1. The third kappa shape index (κ3) is 3.73. The number of ether oxygens (including phenoxy) is 1. The molecule has 0 radical (unpaired) electrons. The molecule has 4 fully saturated rings. The summed E-state index contributed by atoms with van der Waals surface area (Å²) in [5.74, 6) is 0.702. The van der Waals surface area contributed by atoms with E-state index in [1.165, 1.54) is 0 Å². The molecule has 0 aromatic carbocycles. The van der Waals surface area contributed by atoms with Gasteiger partial charge in [-0.15, -0.1) is 0 Å². The van der Waals surface area contributed by atoms with Crippen LogP contribution in [0.15, 0.2) is 0 Å². The number of hydrogen-bond donors (Lipinski definition) is 4. The highest BCUT2D eigenvalue weighted by atomic mass is 16.5. The van der Waals surface area contributed by atoms with Crippen LogP contribution in [0.4, 0.5) is 0 Å². The molecule has 32 heavy (non-hydrogen) atoms. The molecule has 0 unspecified atom stereocenters. The molecule has 4 aliphatic rings. The molecule has 0 saturated heterocycles. The van der Waals surface area contributed by atoms with Crippen molar-refractivity contribution in [2.45, 2.75) is 103 Å². The lowest BCUT2D eigenvalue weighted by Crippen LogP contribution is -2.62. The zero-order valence-electron chi connectivity index (χ0n) is 20.2. The number of hydrogen-bond acceptors (Lipinski definition) is 6. The Morgan fingerprint density at radius 2 is 1.78 bits per heavy atom. The van der Waals surface area contributed by atoms with Gasteiger partial charge in [0.2, 0.25) is 0 Å². The molecule has 4 rings (SSSR count). The highest BCUT2D eigenvalue weighted by Crippen LogP contribution is 2.68. The monoisotopic (exact) mass is 452 g/mol. The Labute approximate surface area is 192 Å². The van der Waals surface area contributed by atoms with Crippen LogP contribution in [-0.2, 0) is 9.53 Å². The molecule has 0 amide bonds. The first-order chi connectivity index (χ1) is 15.0. The van der Waals surface area contributed by atoms with Crippen molar-refractivity contribution in [2.75, 3.05) is 6.61 Å². The summed E-state index contributed by atoms with van der Waals surface area (Å²) in [4.78, 5) is 12.0. The van der Waals surface area contributed by atoms with E-state index in [-0.39, 0.29) is 59.2 Å². The van der Waals surface area contributed by atoms with Crippen LogP contribution in [0.2, 0.25) is 0 Å². The van der Waals surface area contributed by atoms with E-state index in [4.69, 9.17) is 4.74 Å². The Balaban J connectivity index is 1.56. The number of rotatable bonds is 5. The molecule has 0 bridgehead atoms. The van der Waals surface area contributed by atoms with E-state index in [0.29, 0.717) is 18.8 Å². The van der Waals surface area contributed by atoms with Gasteiger partial charge in [-0.3, -0.25) is 0 Å². The summed E-state index contributed by atoms with van der Waals surface area (Å²) in [5, 5.41) is 43.5. The highest BCUT2D eigenvalue weighted by molar-refractivity contribution is 5.74. The average molecular weight is 453 g/mol. The van der Waals surface area contributed by atoms with Crippen molar-refractivity contribution >= 4 is 5.97 Å². The zero-order valence-corrected chi connectivity index (χ0v) is 20.2. The molecule has 4 saturated carbocycles. The fourth-order valence-corrected chi connectivity index (χ4v) is 8.98. The molecule has 184 valence electrons. The van der Waals surface area contributed by atoms with Crippen molar-refractivity contribution < 1.29 is 30.0 Å². The van der Waals surface area contributed by atoms with E-state index in [9.17, 15) is 25.2 Å². The van der Waals surface area contributed by atoms with Crippen molar-refractivity contribution in [3.05, 3.63) is 0 Å². The van der Waals surface area contributed by atoms with Crippen LogP contribution in [0, 0.1) is 46.3 Å². The predicted molar refractivity (Wildman–Crippen MR) is 120 cm³/mol. The standard InChI is InChI=1S/C26H44O6/c1-5-32-24(31)21(29)10-14(2)17-6-7-18-23-19(13-22(30)26(17,18)4)25(3)9-8-16(27)11-15(25)12-20(23)28/h14-23,27-30H,5-13H2,1-4H3/t14-,15+,16-,17-,18+,19+,20-,21-,22+,23+,25+,26-/m1/s1. The van der Waals surface area contributed by atoms with Crippen molar-refractivity contribution in [3.63, 3.8) is 0 Å². The van der Waals surface area contributed by atoms with Gasteiger partial charge < -0.3 is 25.2 Å². The summed E-state index contributed by atoms with van der Waals surface area (Å²) >= 11 is 0. The van der Waals surface area contributed by atoms with E-state index < -0.39 is 18.2 Å². The summed E-state index contributed by atoms with van der Waals surface area (Å²) in [7, 11) is 0. The first kappa shape index (κ1) is 24.4. The Kier molecular flexibility index (Phi) is 6.74. The minimum absolute atomic E-state index is 0.0647. The number of esters is 1. The van der Waals surface area contributed by atoms with Gasteiger partial charge in [0, 0.05) is 0 Å². The molecule has 0 heterocycles. The second kappa shape index (κ2) is 8.83. The first-order valence-corrected chi connectivity index (χ1v) is 12.9. The van der Waals surface area contributed by atoms with Crippen LogP contribution in [0.1, 0.15) is 79.1 Å². The van der Waals surface area contributed by atoms with E-state index in [2.05, 4.69) is 20.8 Å². The van der Waals surface area contributed by atoms with Gasteiger partial charge in [0.25, 0.3) is 0 Å². The van der Waals surface area contributed by atoms with E-state index in [1.54, 1.807) is 6.92 Å². The summed E-state index contributed by atoms with van der Waals surface area (Å²) in [5.41, 5.74) is -0.261. The number of carbonyl (C=O) groups is 1. The Morgan fingerprint density at radius 3 is 2.47 bits per heavy atom. The number of aliphatic hydroxyl groups excluding tert-OH is 4.